The highest BCUT2D eigenvalue weighted by molar-refractivity contribution is 6.00. The van der Waals surface area contributed by atoms with Gasteiger partial charge in [-0.15, -0.1) is 0 Å². The molecule has 0 saturated carbocycles. The maximum Gasteiger partial charge on any atom is 0.316 e. The summed E-state index contributed by atoms with van der Waals surface area (Å²) in [6, 6.07) is 0. The smallest absolute Gasteiger partial charge is 0.316 e. The topological polar surface area (TPSA) is 43.4 Å². The quantitative estimate of drug-likeness (QED) is 0.420. The number of carbonyl (C=O) groups is 2. The van der Waals surface area contributed by atoms with E-state index in [4.69, 9.17) is 4.74 Å². The highest BCUT2D eigenvalue weighted by Gasteiger charge is 2.31. The van der Waals surface area contributed by atoms with Crippen molar-refractivity contribution in [1.29, 1.82) is 0 Å². The van der Waals surface area contributed by atoms with E-state index in [1.54, 1.807) is 27.7 Å². The van der Waals surface area contributed by atoms with E-state index < -0.39 is 17.5 Å². The summed E-state index contributed by atoms with van der Waals surface area (Å²) >= 11 is 0. The number of esters is 1. The molecule has 0 saturated heterocycles. The zero-order chi connectivity index (χ0) is 12.3. The predicted octanol–water partition coefficient (Wildman–Crippen LogP) is 2.50. The molecule has 1 rings (SSSR count). The molecule has 0 aromatic carbocycles. The van der Waals surface area contributed by atoms with Crippen molar-refractivity contribution in [2.75, 3.05) is 0 Å². The summed E-state index contributed by atoms with van der Waals surface area (Å²) in [5, 5.41) is 0. The second-order valence-electron chi connectivity index (χ2n) is 5.30. The molecule has 1 aliphatic rings. The van der Waals surface area contributed by atoms with Gasteiger partial charge in [-0.2, -0.15) is 0 Å². The number of hydrogen-bond acceptors (Lipinski definition) is 3. The Labute approximate surface area is 96.9 Å². The monoisotopic (exact) mass is 224 g/mol. The van der Waals surface area contributed by atoms with Crippen LogP contribution in [0.1, 0.15) is 40.5 Å². The van der Waals surface area contributed by atoms with Crippen molar-refractivity contribution in [3.63, 3.8) is 0 Å². The minimum atomic E-state index is -0.649. The van der Waals surface area contributed by atoms with Crippen molar-refractivity contribution >= 4 is 11.8 Å². The first-order chi connectivity index (χ1) is 7.31. The van der Waals surface area contributed by atoms with Gasteiger partial charge in [-0.1, -0.05) is 12.2 Å². The first-order valence-corrected chi connectivity index (χ1v) is 5.73. The highest BCUT2D eigenvalue weighted by atomic mass is 16.6. The van der Waals surface area contributed by atoms with Crippen molar-refractivity contribution in [1.82, 2.24) is 0 Å². The van der Waals surface area contributed by atoms with Gasteiger partial charge in [-0.3, -0.25) is 9.59 Å². The lowest BCUT2D eigenvalue weighted by molar-refractivity contribution is -0.162. The number of hydrogen-bond donors (Lipinski definition) is 0. The fourth-order valence-corrected chi connectivity index (χ4v) is 1.71. The molecular weight excluding hydrogens is 204 g/mol. The van der Waals surface area contributed by atoms with Crippen molar-refractivity contribution in [3.8, 4) is 0 Å². The molecule has 1 atom stereocenters. The summed E-state index contributed by atoms with van der Waals surface area (Å²) in [5.41, 5.74) is -0.528. The summed E-state index contributed by atoms with van der Waals surface area (Å²) in [5.74, 6) is -1.09. The maximum absolute atomic E-state index is 11.9. The van der Waals surface area contributed by atoms with E-state index in [1.807, 2.05) is 12.2 Å². The SMILES string of the molecule is C[C@@H](C(=O)OC(C)(C)C)C(=O)C1CC=CC1. The largest absolute Gasteiger partial charge is 0.459 e. The molecule has 0 radical (unpaired) electrons. The Morgan fingerprint density at radius 3 is 2.19 bits per heavy atom. The van der Waals surface area contributed by atoms with Crippen LogP contribution in [-0.4, -0.2) is 17.4 Å². The van der Waals surface area contributed by atoms with E-state index in [9.17, 15) is 9.59 Å². The normalized spacial score (nSPS) is 18.5. The Morgan fingerprint density at radius 2 is 1.75 bits per heavy atom. The number of ether oxygens (including phenoxy) is 1. The van der Waals surface area contributed by atoms with Gasteiger partial charge in [0, 0.05) is 5.92 Å². The molecule has 0 N–H and O–H groups in total. The standard InChI is InChI=1S/C13H20O3/c1-9(12(15)16-13(2,3)4)11(14)10-7-5-6-8-10/h5-6,9-10H,7-8H2,1-4H3/t9-/m1/s1. The Bertz CT molecular complexity index is 302. The molecule has 0 aromatic heterocycles. The lowest BCUT2D eigenvalue weighted by atomic mass is 9.92. The van der Waals surface area contributed by atoms with Crippen LogP contribution in [0, 0.1) is 11.8 Å². The molecule has 16 heavy (non-hydrogen) atoms. The Balaban J connectivity index is 2.53. The number of Topliss-reactive ketones (excluding diaryl/α,β-unsaturated/α-hetero) is 1. The van der Waals surface area contributed by atoms with Crippen LogP contribution in [0.3, 0.4) is 0 Å². The van der Waals surface area contributed by atoms with Crippen molar-refractivity contribution in [3.05, 3.63) is 12.2 Å². The van der Waals surface area contributed by atoms with Crippen LogP contribution in [0.2, 0.25) is 0 Å². The van der Waals surface area contributed by atoms with Crippen molar-refractivity contribution in [2.45, 2.75) is 46.1 Å². The second-order valence-corrected chi connectivity index (χ2v) is 5.30. The minimum absolute atomic E-state index is 0.000694. The van der Waals surface area contributed by atoms with E-state index in [1.165, 1.54) is 0 Å². The molecular formula is C13H20O3. The highest BCUT2D eigenvalue weighted by Crippen LogP contribution is 2.23. The zero-order valence-electron chi connectivity index (χ0n) is 10.4. The lowest BCUT2D eigenvalue weighted by Crippen LogP contribution is -2.33. The van der Waals surface area contributed by atoms with Crippen LogP contribution in [0.15, 0.2) is 12.2 Å². The average Bonchev–Trinajstić information content (AvgIpc) is 2.65. The molecule has 3 nitrogen and oxygen atoms in total. The number of ketones is 1. The van der Waals surface area contributed by atoms with E-state index in [-0.39, 0.29) is 11.7 Å². The van der Waals surface area contributed by atoms with Crippen LogP contribution in [0.25, 0.3) is 0 Å². The second kappa shape index (κ2) is 4.81. The van der Waals surface area contributed by atoms with Crippen molar-refractivity contribution in [2.24, 2.45) is 11.8 Å². The third-order valence-electron chi connectivity index (χ3n) is 2.60. The average molecular weight is 224 g/mol. The van der Waals surface area contributed by atoms with Crippen molar-refractivity contribution < 1.29 is 14.3 Å². The van der Waals surface area contributed by atoms with E-state index >= 15 is 0 Å². The number of rotatable bonds is 3. The summed E-state index contributed by atoms with van der Waals surface area (Å²) < 4.78 is 5.20. The Kier molecular flexibility index (Phi) is 3.89. The lowest BCUT2D eigenvalue weighted by Gasteiger charge is -2.22. The molecule has 0 amide bonds. The van der Waals surface area contributed by atoms with Gasteiger partial charge in [-0.25, -0.2) is 0 Å². The molecule has 0 unspecified atom stereocenters. The van der Waals surface area contributed by atoms with Gasteiger partial charge in [0.05, 0.1) is 0 Å². The first kappa shape index (κ1) is 12.9. The van der Waals surface area contributed by atoms with E-state index in [2.05, 4.69) is 0 Å². The van der Waals surface area contributed by atoms with Gasteiger partial charge in [0.25, 0.3) is 0 Å². The van der Waals surface area contributed by atoms with Crippen LogP contribution < -0.4 is 0 Å². The van der Waals surface area contributed by atoms with Crippen LogP contribution >= 0.6 is 0 Å². The van der Waals surface area contributed by atoms with Gasteiger partial charge >= 0.3 is 5.97 Å². The van der Waals surface area contributed by atoms with Crippen LogP contribution in [-0.2, 0) is 14.3 Å². The summed E-state index contributed by atoms with van der Waals surface area (Å²) in [7, 11) is 0. The molecule has 0 fully saturated rings. The third kappa shape index (κ3) is 3.47. The number of carbonyl (C=O) groups excluding carboxylic acids is 2. The van der Waals surface area contributed by atoms with Gasteiger partial charge in [0.1, 0.15) is 17.3 Å². The first-order valence-electron chi connectivity index (χ1n) is 5.73. The van der Waals surface area contributed by atoms with Crippen LogP contribution in [0.5, 0.6) is 0 Å². The van der Waals surface area contributed by atoms with E-state index in [0.717, 1.165) is 12.8 Å². The molecule has 0 bridgehead atoms. The molecule has 0 aromatic rings. The predicted molar refractivity (Wildman–Crippen MR) is 61.9 cm³/mol. The molecule has 0 aliphatic heterocycles. The Morgan fingerprint density at radius 1 is 1.25 bits per heavy atom. The third-order valence-corrected chi connectivity index (χ3v) is 2.60. The number of allylic oxidation sites excluding steroid dienone is 2. The van der Waals surface area contributed by atoms with Gasteiger partial charge in [0.15, 0.2) is 0 Å². The van der Waals surface area contributed by atoms with Gasteiger partial charge < -0.3 is 4.74 Å². The summed E-state index contributed by atoms with van der Waals surface area (Å²) in [4.78, 5) is 23.6. The zero-order valence-corrected chi connectivity index (χ0v) is 10.4. The minimum Gasteiger partial charge on any atom is -0.459 e. The molecule has 90 valence electrons. The molecule has 1 aliphatic carbocycles. The Hall–Kier alpha value is -1.12. The fraction of sp³-hybridized carbons (Fsp3) is 0.692. The fourth-order valence-electron chi connectivity index (χ4n) is 1.71. The molecule has 0 heterocycles. The molecule has 0 spiro atoms. The summed E-state index contributed by atoms with van der Waals surface area (Å²) in [6.45, 7) is 7.05. The van der Waals surface area contributed by atoms with E-state index in [0.29, 0.717) is 0 Å². The summed E-state index contributed by atoms with van der Waals surface area (Å²) in [6.07, 6.45) is 5.49. The van der Waals surface area contributed by atoms with Crippen LogP contribution in [0.4, 0.5) is 0 Å². The van der Waals surface area contributed by atoms with Gasteiger partial charge in [-0.05, 0) is 40.5 Å². The molecule has 3 heteroatoms. The maximum atomic E-state index is 11.9. The van der Waals surface area contributed by atoms with Gasteiger partial charge in [0.2, 0.25) is 0 Å².